The van der Waals surface area contributed by atoms with Gasteiger partial charge in [0.1, 0.15) is 0 Å². The van der Waals surface area contributed by atoms with E-state index in [1.54, 1.807) is 0 Å². The van der Waals surface area contributed by atoms with Crippen molar-refractivity contribution in [2.45, 2.75) is 58.3 Å². The molecule has 114 valence electrons. The van der Waals surface area contributed by atoms with E-state index in [1.165, 1.54) is 58.0 Å². The maximum absolute atomic E-state index is 12.5. The van der Waals surface area contributed by atoms with Crippen molar-refractivity contribution in [3.8, 4) is 0 Å². The molecule has 0 radical (unpaired) electrons. The SMILES string of the molecule is CC1CCCC(CC(=O)N2CCC3(CCNC3)CC2)C1. The van der Waals surface area contributed by atoms with E-state index in [0.29, 0.717) is 17.2 Å². The first-order valence-corrected chi connectivity index (χ1v) is 8.65. The van der Waals surface area contributed by atoms with Gasteiger partial charge in [-0.15, -0.1) is 0 Å². The topological polar surface area (TPSA) is 32.3 Å². The van der Waals surface area contributed by atoms with Crippen LogP contribution in [0.5, 0.6) is 0 Å². The third kappa shape index (κ3) is 3.19. The van der Waals surface area contributed by atoms with E-state index in [1.807, 2.05) is 0 Å². The van der Waals surface area contributed by atoms with Crippen LogP contribution < -0.4 is 5.32 Å². The maximum atomic E-state index is 12.5. The summed E-state index contributed by atoms with van der Waals surface area (Å²) in [5.41, 5.74) is 0.524. The van der Waals surface area contributed by atoms with Crippen LogP contribution in [0.15, 0.2) is 0 Å². The van der Waals surface area contributed by atoms with Crippen molar-refractivity contribution >= 4 is 5.91 Å². The van der Waals surface area contributed by atoms with E-state index in [2.05, 4.69) is 17.1 Å². The van der Waals surface area contributed by atoms with Crippen LogP contribution in [0.2, 0.25) is 0 Å². The normalized spacial score (nSPS) is 33.5. The molecular formula is C17H30N2O. The Morgan fingerprint density at radius 2 is 2.05 bits per heavy atom. The van der Waals surface area contributed by atoms with Crippen molar-refractivity contribution in [2.75, 3.05) is 26.2 Å². The average Bonchev–Trinajstić information content (AvgIpc) is 2.88. The second kappa shape index (κ2) is 6.05. The van der Waals surface area contributed by atoms with Gasteiger partial charge in [0, 0.05) is 26.1 Å². The minimum Gasteiger partial charge on any atom is -0.343 e. The fourth-order valence-electron chi connectivity index (χ4n) is 4.57. The zero-order chi connectivity index (χ0) is 14.0. The van der Waals surface area contributed by atoms with Crippen molar-refractivity contribution in [1.29, 1.82) is 0 Å². The largest absolute Gasteiger partial charge is 0.343 e. The summed E-state index contributed by atoms with van der Waals surface area (Å²) >= 11 is 0. The Morgan fingerprint density at radius 1 is 1.25 bits per heavy atom. The van der Waals surface area contributed by atoms with E-state index in [-0.39, 0.29) is 0 Å². The molecule has 2 aliphatic heterocycles. The van der Waals surface area contributed by atoms with E-state index in [9.17, 15) is 4.79 Å². The van der Waals surface area contributed by atoms with Crippen molar-refractivity contribution in [3.05, 3.63) is 0 Å². The Bertz CT molecular complexity index is 339. The van der Waals surface area contributed by atoms with Crippen LogP contribution >= 0.6 is 0 Å². The average molecular weight is 278 g/mol. The molecule has 0 bridgehead atoms. The highest BCUT2D eigenvalue weighted by atomic mass is 16.2. The zero-order valence-electron chi connectivity index (χ0n) is 13.0. The molecule has 3 nitrogen and oxygen atoms in total. The summed E-state index contributed by atoms with van der Waals surface area (Å²) in [7, 11) is 0. The third-order valence-corrected chi connectivity index (χ3v) is 6.02. The van der Waals surface area contributed by atoms with Crippen LogP contribution in [0.1, 0.15) is 58.3 Å². The molecule has 20 heavy (non-hydrogen) atoms. The Hall–Kier alpha value is -0.570. The number of carbonyl (C=O) groups is 1. The molecule has 3 fully saturated rings. The predicted molar refractivity (Wildman–Crippen MR) is 81.5 cm³/mol. The van der Waals surface area contributed by atoms with Gasteiger partial charge in [-0.25, -0.2) is 0 Å². The minimum atomic E-state index is 0.435. The standard InChI is InChI=1S/C17H30N2O/c1-14-3-2-4-15(11-14)12-16(20)19-9-6-17(7-10-19)5-8-18-13-17/h14-15,18H,2-13H2,1H3. The van der Waals surface area contributed by atoms with Gasteiger partial charge in [-0.2, -0.15) is 0 Å². The van der Waals surface area contributed by atoms with Gasteiger partial charge in [-0.05, 0) is 55.9 Å². The van der Waals surface area contributed by atoms with Crippen LogP contribution in [-0.4, -0.2) is 37.0 Å². The lowest BCUT2D eigenvalue weighted by Crippen LogP contribution is -2.44. The van der Waals surface area contributed by atoms with Crippen LogP contribution in [0, 0.1) is 17.3 Å². The molecule has 1 aliphatic carbocycles. The van der Waals surface area contributed by atoms with E-state index >= 15 is 0 Å². The molecule has 0 aromatic heterocycles. The molecule has 1 N–H and O–H groups in total. The van der Waals surface area contributed by atoms with Gasteiger partial charge in [0.05, 0.1) is 0 Å². The highest BCUT2D eigenvalue weighted by Gasteiger charge is 2.38. The number of hydrogen-bond donors (Lipinski definition) is 1. The summed E-state index contributed by atoms with van der Waals surface area (Å²) in [6.45, 7) is 6.70. The fraction of sp³-hybridized carbons (Fsp3) is 0.941. The Labute approximate surface area is 123 Å². The second-order valence-corrected chi connectivity index (χ2v) is 7.65. The maximum Gasteiger partial charge on any atom is 0.222 e. The molecule has 3 heteroatoms. The number of rotatable bonds is 2. The molecule has 3 aliphatic rings. The number of nitrogens with zero attached hydrogens (tertiary/aromatic N) is 1. The Balaban J connectivity index is 1.46. The van der Waals surface area contributed by atoms with E-state index < -0.39 is 0 Å². The zero-order valence-corrected chi connectivity index (χ0v) is 13.0. The minimum absolute atomic E-state index is 0.435. The van der Waals surface area contributed by atoms with E-state index in [0.717, 1.165) is 25.4 Å². The lowest BCUT2D eigenvalue weighted by atomic mass is 9.77. The molecule has 0 aromatic rings. The van der Waals surface area contributed by atoms with Gasteiger partial charge in [-0.3, -0.25) is 4.79 Å². The number of piperidine rings is 1. The number of likely N-dealkylation sites (tertiary alicyclic amines) is 1. The number of amides is 1. The monoisotopic (exact) mass is 278 g/mol. The second-order valence-electron chi connectivity index (χ2n) is 7.65. The predicted octanol–water partition coefficient (Wildman–Crippen LogP) is 2.80. The number of nitrogens with one attached hydrogen (secondary N) is 1. The molecule has 2 atom stereocenters. The smallest absolute Gasteiger partial charge is 0.222 e. The van der Waals surface area contributed by atoms with Crippen LogP contribution in [0.4, 0.5) is 0 Å². The number of hydrogen-bond acceptors (Lipinski definition) is 2. The summed E-state index contributed by atoms with van der Waals surface area (Å²) < 4.78 is 0. The lowest BCUT2D eigenvalue weighted by Gasteiger charge is -2.39. The van der Waals surface area contributed by atoms with Crippen LogP contribution in [0.25, 0.3) is 0 Å². The molecule has 2 saturated heterocycles. The Morgan fingerprint density at radius 3 is 2.70 bits per heavy atom. The summed E-state index contributed by atoms with van der Waals surface area (Å²) in [6, 6.07) is 0. The van der Waals surface area contributed by atoms with Gasteiger partial charge < -0.3 is 10.2 Å². The summed E-state index contributed by atoms with van der Waals surface area (Å²) in [6.07, 6.45) is 9.80. The van der Waals surface area contributed by atoms with Crippen molar-refractivity contribution in [2.24, 2.45) is 17.3 Å². The summed E-state index contributed by atoms with van der Waals surface area (Å²) in [4.78, 5) is 14.6. The molecule has 3 rings (SSSR count). The van der Waals surface area contributed by atoms with Gasteiger partial charge in [-0.1, -0.05) is 19.8 Å². The van der Waals surface area contributed by atoms with Crippen molar-refractivity contribution < 1.29 is 4.79 Å². The van der Waals surface area contributed by atoms with Gasteiger partial charge >= 0.3 is 0 Å². The fourth-order valence-corrected chi connectivity index (χ4v) is 4.57. The number of carbonyl (C=O) groups excluding carboxylic acids is 1. The van der Waals surface area contributed by atoms with Crippen molar-refractivity contribution in [3.63, 3.8) is 0 Å². The summed E-state index contributed by atoms with van der Waals surface area (Å²) in [5, 5.41) is 3.49. The Kier molecular flexibility index (Phi) is 4.34. The molecule has 2 unspecified atom stereocenters. The van der Waals surface area contributed by atoms with Crippen molar-refractivity contribution in [1.82, 2.24) is 10.2 Å². The molecular weight excluding hydrogens is 248 g/mol. The van der Waals surface area contributed by atoms with Gasteiger partial charge in [0.25, 0.3) is 0 Å². The van der Waals surface area contributed by atoms with E-state index in [4.69, 9.17) is 0 Å². The first-order valence-electron chi connectivity index (χ1n) is 8.65. The van der Waals surface area contributed by atoms with Gasteiger partial charge in [0.2, 0.25) is 5.91 Å². The van der Waals surface area contributed by atoms with Crippen LogP contribution in [0.3, 0.4) is 0 Å². The first kappa shape index (κ1) is 14.4. The highest BCUT2D eigenvalue weighted by Crippen LogP contribution is 2.37. The molecule has 2 heterocycles. The molecule has 1 spiro atoms. The van der Waals surface area contributed by atoms with Gasteiger partial charge in [0.15, 0.2) is 0 Å². The molecule has 1 saturated carbocycles. The lowest BCUT2D eigenvalue weighted by molar-refractivity contribution is -0.134. The quantitative estimate of drug-likeness (QED) is 0.842. The molecule has 1 amide bonds. The molecule has 0 aromatic carbocycles. The highest BCUT2D eigenvalue weighted by molar-refractivity contribution is 5.76. The first-order chi connectivity index (χ1) is 9.67. The third-order valence-electron chi connectivity index (χ3n) is 6.02. The van der Waals surface area contributed by atoms with Crippen LogP contribution in [-0.2, 0) is 4.79 Å². The summed E-state index contributed by atoms with van der Waals surface area (Å²) in [5.74, 6) is 1.93.